The Kier molecular flexibility index (Phi) is 5.84. The van der Waals surface area contributed by atoms with Crippen molar-refractivity contribution in [2.75, 3.05) is 11.9 Å². The summed E-state index contributed by atoms with van der Waals surface area (Å²) in [5, 5.41) is 11.5. The van der Waals surface area contributed by atoms with Gasteiger partial charge >= 0.3 is 0 Å². The number of amides is 1. The second-order valence-corrected chi connectivity index (χ2v) is 3.62. The topological polar surface area (TPSA) is 49.3 Å². The molecule has 0 saturated heterocycles. The smallest absolute Gasteiger partial charge is 0.224 e. The summed E-state index contributed by atoms with van der Waals surface area (Å²) in [6.45, 7) is 2.02. The quantitative estimate of drug-likeness (QED) is 0.780. The summed E-state index contributed by atoms with van der Waals surface area (Å²) < 4.78 is 0. The number of aliphatic hydroxyl groups is 1. The molecule has 90 valence electrons. The molecule has 0 aliphatic carbocycles. The molecular weight excluding hydrogens is 214 g/mol. The molecule has 17 heavy (non-hydrogen) atoms. The van der Waals surface area contributed by atoms with Crippen LogP contribution in [0.2, 0.25) is 0 Å². The Labute approximate surface area is 102 Å². The lowest BCUT2D eigenvalue weighted by molar-refractivity contribution is -0.116. The van der Waals surface area contributed by atoms with Gasteiger partial charge in [-0.3, -0.25) is 4.79 Å². The Morgan fingerprint density at radius 3 is 2.88 bits per heavy atom. The van der Waals surface area contributed by atoms with Gasteiger partial charge < -0.3 is 10.4 Å². The van der Waals surface area contributed by atoms with Crippen molar-refractivity contribution in [3.8, 4) is 11.8 Å². The molecule has 0 spiro atoms. The molecule has 0 fully saturated rings. The van der Waals surface area contributed by atoms with Gasteiger partial charge in [-0.15, -0.1) is 0 Å². The van der Waals surface area contributed by atoms with Gasteiger partial charge in [0.15, 0.2) is 0 Å². The average molecular weight is 231 g/mol. The van der Waals surface area contributed by atoms with Gasteiger partial charge in [-0.2, -0.15) is 0 Å². The molecule has 3 nitrogen and oxygen atoms in total. The van der Waals surface area contributed by atoms with E-state index in [1.807, 2.05) is 31.2 Å². The Hall–Kier alpha value is -1.79. The summed E-state index contributed by atoms with van der Waals surface area (Å²) in [4.78, 5) is 11.5. The van der Waals surface area contributed by atoms with Gasteiger partial charge in [0.25, 0.3) is 0 Å². The largest absolute Gasteiger partial charge is 0.395 e. The van der Waals surface area contributed by atoms with E-state index in [4.69, 9.17) is 5.11 Å². The molecule has 0 aromatic heterocycles. The van der Waals surface area contributed by atoms with Gasteiger partial charge in [0.05, 0.1) is 12.3 Å². The summed E-state index contributed by atoms with van der Waals surface area (Å²) in [6.07, 6.45) is 1.78. The maximum atomic E-state index is 11.5. The molecule has 0 radical (unpaired) electrons. The number of hydrogen-bond acceptors (Lipinski definition) is 2. The molecule has 1 aromatic carbocycles. The van der Waals surface area contributed by atoms with E-state index in [9.17, 15) is 4.79 Å². The molecule has 1 rings (SSSR count). The highest BCUT2D eigenvalue weighted by molar-refractivity contribution is 5.92. The van der Waals surface area contributed by atoms with Gasteiger partial charge in [0, 0.05) is 18.4 Å². The van der Waals surface area contributed by atoms with Crippen molar-refractivity contribution in [2.24, 2.45) is 0 Å². The van der Waals surface area contributed by atoms with Crippen molar-refractivity contribution in [2.45, 2.75) is 26.2 Å². The zero-order valence-corrected chi connectivity index (χ0v) is 9.99. The van der Waals surface area contributed by atoms with Gasteiger partial charge in [0.1, 0.15) is 0 Å². The summed E-state index contributed by atoms with van der Waals surface area (Å²) in [7, 11) is 0. The minimum absolute atomic E-state index is 0.00362. The molecule has 0 atom stereocenters. The number of hydrogen-bond donors (Lipinski definition) is 2. The van der Waals surface area contributed by atoms with E-state index in [1.54, 1.807) is 0 Å². The molecule has 1 aromatic rings. The van der Waals surface area contributed by atoms with Crippen molar-refractivity contribution in [3.05, 3.63) is 29.8 Å². The van der Waals surface area contributed by atoms with Gasteiger partial charge in [0.2, 0.25) is 5.91 Å². The van der Waals surface area contributed by atoms with E-state index >= 15 is 0 Å². The maximum absolute atomic E-state index is 11.5. The molecule has 3 heteroatoms. The van der Waals surface area contributed by atoms with Crippen molar-refractivity contribution in [3.63, 3.8) is 0 Å². The van der Waals surface area contributed by atoms with Crippen molar-refractivity contribution in [1.82, 2.24) is 0 Å². The van der Waals surface area contributed by atoms with Crippen LogP contribution < -0.4 is 5.32 Å². The van der Waals surface area contributed by atoms with Crippen LogP contribution in [0.4, 0.5) is 5.69 Å². The first-order valence-corrected chi connectivity index (χ1v) is 5.76. The van der Waals surface area contributed by atoms with Crippen LogP contribution >= 0.6 is 0 Å². The standard InChI is InChI=1S/C14H17NO2/c1-2-7-14(17)15-13-10-4-3-8-12(13)9-5-6-11-16/h3-4,8,10,16H,2,6-7,11H2,1H3,(H,15,17). The minimum Gasteiger partial charge on any atom is -0.395 e. The molecule has 0 unspecified atom stereocenters. The number of carbonyl (C=O) groups excluding carboxylic acids is 1. The van der Waals surface area contributed by atoms with Gasteiger partial charge in [-0.05, 0) is 18.6 Å². The number of benzene rings is 1. The molecule has 0 bridgehead atoms. The van der Waals surface area contributed by atoms with E-state index in [-0.39, 0.29) is 12.5 Å². The molecule has 0 saturated carbocycles. The Bertz CT molecular complexity index is 429. The fourth-order valence-electron chi connectivity index (χ4n) is 1.35. The van der Waals surface area contributed by atoms with Crippen LogP contribution in [-0.4, -0.2) is 17.6 Å². The van der Waals surface area contributed by atoms with Gasteiger partial charge in [-0.25, -0.2) is 0 Å². The fraction of sp³-hybridized carbons (Fsp3) is 0.357. The highest BCUT2D eigenvalue weighted by atomic mass is 16.2. The second-order valence-electron chi connectivity index (χ2n) is 3.62. The van der Waals surface area contributed by atoms with E-state index in [0.717, 1.165) is 17.7 Å². The second kappa shape index (κ2) is 7.48. The monoisotopic (exact) mass is 231 g/mol. The normalized spacial score (nSPS) is 9.29. The molecule has 0 heterocycles. The van der Waals surface area contributed by atoms with Crippen LogP contribution in [0.15, 0.2) is 24.3 Å². The molecule has 2 N–H and O–H groups in total. The molecular formula is C14H17NO2. The number of nitrogens with one attached hydrogen (secondary N) is 1. The predicted octanol–water partition coefficient (Wildman–Crippen LogP) is 2.16. The molecule has 1 amide bonds. The summed E-state index contributed by atoms with van der Waals surface area (Å²) in [5.41, 5.74) is 1.52. The average Bonchev–Trinajstić information content (AvgIpc) is 2.32. The van der Waals surface area contributed by atoms with Crippen molar-refractivity contribution in [1.29, 1.82) is 0 Å². The first-order chi connectivity index (χ1) is 8.27. The Balaban J connectivity index is 2.78. The zero-order chi connectivity index (χ0) is 12.5. The van der Waals surface area contributed by atoms with Crippen molar-refractivity contribution >= 4 is 11.6 Å². The summed E-state index contributed by atoms with van der Waals surface area (Å²) in [5.74, 6) is 5.79. The maximum Gasteiger partial charge on any atom is 0.224 e. The SMILES string of the molecule is CCCC(=O)Nc1ccccc1C#CCCO. The zero-order valence-electron chi connectivity index (χ0n) is 9.99. The minimum atomic E-state index is 0.00362. The number of anilines is 1. The summed E-state index contributed by atoms with van der Waals surface area (Å²) >= 11 is 0. The van der Waals surface area contributed by atoms with Crippen LogP contribution in [0.5, 0.6) is 0 Å². The van der Waals surface area contributed by atoms with E-state index < -0.39 is 0 Å². The van der Waals surface area contributed by atoms with Crippen LogP contribution in [0.1, 0.15) is 31.7 Å². The van der Waals surface area contributed by atoms with Crippen LogP contribution in [0, 0.1) is 11.8 Å². The highest BCUT2D eigenvalue weighted by Gasteiger charge is 2.03. The van der Waals surface area contributed by atoms with Crippen LogP contribution in [0.3, 0.4) is 0 Å². The summed E-state index contributed by atoms with van der Waals surface area (Å²) in [6, 6.07) is 7.42. The number of para-hydroxylation sites is 1. The third kappa shape index (κ3) is 4.71. The fourth-order valence-corrected chi connectivity index (χ4v) is 1.35. The number of aliphatic hydroxyl groups excluding tert-OH is 1. The third-order valence-electron chi connectivity index (χ3n) is 2.14. The lowest BCUT2D eigenvalue weighted by atomic mass is 10.1. The van der Waals surface area contributed by atoms with Crippen LogP contribution in [0.25, 0.3) is 0 Å². The lowest BCUT2D eigenvalue weighted by Crippen LogP contribution is -2.11. The van der Waals surface area contributed by atoms with E-state index in [2.05, 4.69) is 17.2 Å². The lowest BCUT2D eigenvalue weighted by Gasteiger charge is -2.06. The first kappa shape index (κ1) is 13.3. The third-order valence-corrected chi connectivity index (χ3v) is 2.14. The Morgan fingerprint density at radius 2 is 2.18 bits per heavy atom. The molecule has 0 aliphatic heterocycles. The highest BCUT2D eigenvalue weighted by Crippen LogP contribution is 2.14. The van der Waals surface area contributed by atoms with Crippen LogP contribution in [-0.2, 0) is 4.79 Å². The molecule has 0 aliphatic rings. The number of rotatable bonds is 4. The van der Waals surface area contributed by atoms with Crippen molar-refractivity contribution < 1.29 is 9.90 Å². The van der Waals surface area contributed by atoms with Gasteiger partial charge in [-0.1, -0.05) is 30.9 Å². The first-order valence-electron chi connectivity index (χ1n) is 5.76. The van der Waals surface area contributed by atoms with E-state index in [0.29, 0.717) is 12.8 Å². The number of carbonyl (C=O) groups is 1. The van der Waals surface area contributed by atoms with E-state index in [1.165, 1.54) is 0 Å². The Morgan fingerprint density at radius 1 is 1.41 bits per heavy atom. The predicted molar refractivity (Wildman–Crippen MR) is 68.6 cm³/mol.